The fourth-order valence-corrected chi connectivity index (χ4v) is 2.40. The third-order valence-corrected chi connectivity index (χ3v) is 3.33. The Morgan fingerprint density at radius 1 is 1.41 bits per heavy atom. The van der Waals surface area contributed by atoms with Crippen molar-refractivity contribution in [1.29, 1.82) is 0 Å². The second-order valence-corrected chi connectivity index (χ2v) is 5.00. The number of anilines is 1. The zero-order valence-electron chi connectivity index (χ0n) is 10.3. The molecule has 0 aliphatic heterocycles. The normalized spacial score (nSPS) is 10.2. The van der Waals surface area contributed by atoms with Gasteiger partial charge in [0.25, 0.3) is 0 Å². The molecule has 1 aromatic carbocycles. The summed E-state index contributed by atoms with van der Waals surface area (Å²) in [6, 6.07) is 5.60. The Morgan fingerprint density at radius 2 is 2.18 bits per heavy atom. The van der Waals surface area contributed by atoms with Gasteiger partial charge < -0.3 is 10.4 Å². The summed E-state index contributed by atoms with van der Waals surface area (Å²) in [6.07, 6.45) is 2.14. The lowest BCUT2D eigenvalue weighted by molar-refractivity contribution is 0.0694. The molecule has 0 spiro atoms. The molecule has 0 saturated carbocycles. The molecule has 1 aromatic rings. The molecule has 1 rings (SSSR count). The van der Waals surface area contributed by atoms with E-state index in [4.69, 9.17) is 0 Å². The van der Waals surface area contributed by atoms with E-state index in [2.05, 4.69) is 12.2 Å². The van der Waals surface area contributed by atoms with Crippen LogP contribution < -0.4 is 5.32 Å². The summed E-state index contributed by atoms with van der Waals surface area (Å²) >= 11 is 1.56. The van der Waals surface area contributed by atoms with Crippen molar-refractivity contribution in [3.63, 3.8) is 0 Å². The zero-order chi connectivity index (χ0) is 12.7. The number of benzene rings is 1. The SMILES string of the molecule is CCCCNc1cccc(SCC)c1C(=O)O. The minimum Gasteiger partial charge on any atom is -0.478 e. The van der Waals surface area contributed by atoms with Gasteiger partial charge in [0.15, 0.2) is 0 Å². The summed E-state index contributed by atoms with van der Waals surface area (Å²) in [5.74, 6) is 0.0131. The molecular formula is C13H19NO2S. The molecule has 0 bridgehead atoms. The van der Waals surface area contributed by atoms with Gasteiger partial charge in [0.05, 0.1) is 5.56 Å². The van der Waals surface area contributed by atoms with Crippen LogP contribution in [0.15, 0.2) is 23.1 Å². The predicted molar refractivity (Wildman–Crippen MR) is 73.2 cm³/mol. The van der Waals surface area contributed by atoms with Crippen LogP contribution in [0.3, 0.4) is 0 Å². The number of unbranched alkanes of at least 4 members (excludes halogenated alkanes) is 1. The Balaban J connectivity index is 2.94. The Hall–Kier alpha value is -1.16. The number of nitrogens with one attached hydrogen (secondary N) is 1. The van der Waals surface area contributed by atoms with Crippen LogP contribution in [0, 0.1) is 0 Å². The highest BCUT2D eigenvalue weighted by Crippen LogP contribution is 2.28. The first-order chi connectivity index (χ1) is 8.20. The van der Waals surface area contributed by atoms with E-state index in [9.17, 15) is 9.90 Å². The molecule has 17 heavy (non-hydrogen) atoms. The summed E-state index contributed by atoms with van der Waals surface area (Å²) in [6.45, 7) is 4.95. The monoisotopic (exact) mass is 253 g/mol. The number of carboxylic acids is 1. The molecule has 0 aromatic heterocycles. The first-order valence-corrected chi connectivity index (χ1v) is 6.92. The van der Waals surface area contributed by atoms with Crippen molar-refractivity contribution in [2.75, 3.05) is 17.6 Å². The molecule has 0 atom stereocenters. The van der Waals surface area contributed by atoms with Gasteiger partial charge in [-0.05, 0) is 24.3 Å². The van der Waals surface area contributed by atoms with Crippen LogP contribution in [0.1, 0.15) is 37.0 Å². The molecule has 0 amide bonds. The van der Waals surface area contributed by atoms with Crippen LogP contribution in [-0.2, 0) is 0 Å². The summed E-state index contributed by atoms with van der Waals surface area (Å²) in [4.78, 5) is 12.1. The van der Waals surface area contributed by atoms with Gasteiger partial charge >= 0.3 is 5.97 Å². The van der Waals surface area contributed by atoms with Crippen molar-refractivity contribution >= 4 is 23.4 Å². The zero-order valence-corrected chi connectivity index (χ0v) is 11.1. The van der Waals surface area contributed by atoms with E-state index in [1.165, 1.54) is 0 Å². The van der Waals surface area contributed by atoms with Gasteiger partial charge in [-0.2, -0.15) is 0 Å². The first kappa shape index (κ1) is 13.9. The average molecular weight is 253 g/mol. The van der Waals surface area contributed by atoms with Crippen molar-refractivity contribution in [2.24, 2.45) is 0 Å². The van der Waals surface area contributed by atoms with Gasteiger partial charge in [0.2, 0.25) is 0 Å². The number of aromatic carboxylic acids is 1. The van der Waals surface area contributed by atoms with Crippen molar-refractivity contribution in [3.8, 4) is 0 Å². The van der Waals surface area contributed by atoms with Crippen molar-refractivity contribution in [1.82, 2.24) is 0 Å². The Bertz CT molecular complexity index is 380. The molecule has 3 nitrogen and oxygen atoms in total. The van der Waals surface area contributed by atoms with E-state index in [1.807, 2.05) is 25.1 Å². The van der Waals surface area contributed by atoms with Gasteiger partial charge in [-0.25, -0.2) is 4.79 Å². The molecule has 2 N–H and O–H groups in total. The van der Waals surface area contributed by atoms with Crippen LogP contribution >= 0.6 is 11.8 Å². The number of thioether (sulfide) groups is 1. The number of hydrogen-bond donors (Lipinski definition) is 2. The Kier molecular flexibility index (Phi) is 5.91. The van der Waals surface area contributed by atoms with E-state index < -0.39 is 5.97 Å². The lowest BCUT2D eigenvalue weighted by atomic mass is 10.1. The molecule has 94 valence electrons. The fraction of sp³-hybridized carbons (Fsp3) is 0.462. The van der Waals surface area contributed by atoms with Gasteiger partial charge in [-0.1, -0.05) is 26.3 Å². The van der Waals surface area contributed by atoms with Crippen LogP contribution in [0.25, 0.3) is 0 Å². The van der Waals surface area contributed by atoms with Gasteiger partial charge in [0, 0.05) is 17.1 Å². The maximum atomic E-state index is 11.3. The molecule has 0 saturated heterocycles. The van der Waals surface area contributed by atoms with E-state index >= 15 is 0 Å². The van der Waals surface area contributed by atoms with Gasteiger partial charge in [-0.15, -0.1) is 11.8 Å². The van der Waals surface area contributed by atoms with E-state index in [1.54, 1.807) is 11.8 Å². The van der Waals surface area contributed by atoms with Crippen LogP contribution in [0.4, 0.5) is 5.69 Å². The summed E-state index contributed by atoms with van der Waals surface area (Å²) in [7, 11) is 0. The molecule has 0 radical (unpaired) electrons. The number of carboxylic acid groups (broad SMARTS) is 1. The summed E-state index contributed by atoms with van der Waals surface area (Å²) < 4.78 is 0. The highest BCUT2D eigenvalue weighted by Gasteiger charge is 2.14. The second-order valence-electron chi connectivity index (χ2n) is 3.70. The summed E-state index contributed by atoms with van der Waals surface area (Å²) in [5, 5.41) is 12.5. The predicted octanol–water partition coefficient (Wildman–Crippen LogP) is 3.71. The Morgan fingerprint density at radius 3 is 2.76 bits per heavy atom. The van der Waals surface area contributed by atoms with Crippen molar-refractivity contribution in [2.45, 2.75) is 31.6 Å². The minimum absolute atomic E-state index is 0.399. The lowest BCUT2D eigenvalue weighted by Gasteiger charge is -2.12. The largest absolute Gasteiger partial charge is 0.478 e. The van der Waals surface area contributed by atoms with Crippen molar-refractivity contribution < 1.29 is 9.90 Å². The highest BCUT2D eigenvalue weighted by molar-refractivity contribution is 7.99. The molecule has 0 fully saturated rings. The molecule has 0 aliphatic carbocycles. The lowest BCUT2D eigenvalue weighted by Crippen LogP contribution is -2.08. The standard InChI is InChI=1S/C13H19NO2S/c1-3-5-9-14-10-7-6-8-11(17-4-2)12(10)13(15)16/h6-8,14H,3-5,9H2,1-2H3,(H,15,16). The number of carbonyl (C=O) groups is 1. The average Bonchev–Trinajstić information content (AvgIpc) is 2.29. The van der Waals surface area contributed by atoms with Crippen LogP contribution in [0.2, 0.25) is 0 Å². The first-order valence-electron chi connectivity index (χ1n) is 5.93. The molecule has 0 aliphatic rings. The van der Waals surface area contributed by atoms with Crippen LogP contribution in [0.5, 0.6) is 0 Å². The van der Waals surface area contributed by atoms with E-state index in [0.29, 0.717) is 5.56 Å². The topological polar surface area (TPSA) is 49.3 Å². The number of rotatable bonds is 7. The van der Waals surface area contributed by atoms with Gasteiger partial charge in [0.1, 0.15) is 0 Å². The fourth-order valence-electron chi connectivity index (χ4n) is 1.57. The number of hydrogen-bond acceptors (Lipinski definition) is 3. The quantitative estimate of drug-likeness (QED) is 0.574. The van der Waals surface area contributed by atoms with E-state index in [0.717, 1.165) is 35.7 Å². The summed E-state index contributed by atoms with van der Waals surface area (Å²) in [5.41, 5.74) is 1.12. The smallest absolute Gasteiger partial charge is 0.338 e. The minimum atomic E-state index is -0.861. The molecular weight excluding hydrogens is 234 g/mol. The Labute approximate surface area is 107 Å². The molecule has 0 unspecified atom stereocenters. The second kappa shape index (κ2) is 7.22. The van der Waals surface area contributed by atoms with Gasteiger partial charge in [-0.3, -0.25) is 0 Å². The van der Waals surface area contributed by atoms with Crippen molar-refractivity contribution in [3.05, 3.63) is 23.8 Å². The third-order valence-electron chi connectivity index (χ3n) is 2.39. The maximum absolute atomic E-state index is 11.3. The molecule has 0 heterocycles. The highest BCUT2D eigenvalue weighted by atomic mass is 32.2. The molecule has 4 heteroatoms. The van der Waals surface area contributed by atoms with E-state index in [-0.39, 0.29) is 0 Å². The third kappa shape index (κ3) is 3.97. The maximum Gasteiger partial charge on any atom is 0.338 e. The van der Waals surface area contributed by atoms with Crippen LogP contribution in [-0.4, -0.2) is 23.4 Å².